The number of methoxy groups -OCH3 is 1. The molecule has 1 saturated heterocycles. The van der Waals surface area contributed by atoms with Gasteiger partial charge in [-0.3, -0.25) is 9.59 Å². The predicted molar refractivity (Wildman–Crippen MR) is 153 cm³/mol. The molecule has 1 aliphatic heterocycles. The van der Waals surface area contributed by atoms with Crippen LogP contribution in [-0.4, -0.2) is 57.6 Å². The molecule has 0 unspecified atom stereocenters. The molecule has 9 heteroatoms. The quantitative estimate of drug-likeness (QED) is 0.340. The van der Waals surface area contributed by atoms with Gasteiger partial charge in [0.15, 0.2) is 0 Å². The second-order valence-electron chi connectivity index (χ2n) is 9.88. The number of carbonyl (C=O) groups is 2. The third-order valence-electron chi connectivity index (χ3n) is 7.22. The van der Waals surface area contributed by atoms with E-state index in [0.717, 1.165) is 47.2 Å². The molecule has 0 radical (unpaired) electrons. The van der Waals surface area contributed by atoms with E-state index in [2.05, 4.69) is 21.9 Å². The van der Waals surface area contributed by atoms with Crippen LogP contribution in [0.3, 0.4) is 0 Å². The van der Waals surface area contributed by atoms with E-state index in [4.69, 9.17) is 10.5 Å². The van der Waals surface area contributed by atoms with Crippen molar-refractivity contribution in [2.24, 2.45) is 7.05 Å². The van der Waals surface area contributed by atoms with Crippen molar-refractivity contribution in [2.45, 2.75) is 25.8 Å². The van der Waals surface area contributed by atoms with Gasteiger partial charge < -0.3 is 25.3 Å². The Hall–Kier alpha value is -4.50. The maximum absolute atomic E-state index is 13.3. The van der Waals surface area contributed by atoms with Crippen molar-refractivity contribution >= 4 is 34.4 Å². The molecule has 0 aliphatic carbocycles. The number of hydrogen-bond acceptors (Lipinski definition) is 6. The SMILES string of the molecule is C=C(C)C(=O)Nc1ccc(-c2c(-c3ccc(C(=O)N4CCC[C@H]4COC)cc3)c3c(N)ncnc3n2C)cc1. The van der Waals surface area contributed by atoms with Crippen molar-refractivity contribution in [1.82, 2.24) is 19.4 Å². The summed E-state index contributed by atoms with van der Waals surface area (Å²) in [7, 11) is 3.60. The highest BCUT2D eigenvalue weighted by molar-refractivity contribution is 6.08. The molecule has 0 bridgehead atoms. The summed E-state index contributed by atoms with van der Waals surface area (Å²) in [6.45, 7) is 6.63. The fraction of sp³-hybridized carbons (Fsp3) is 0.267. The number of aryl methyl sites for hydroxylation is 1. The lowest BCUT2D eigenvalue weighted by molar-refractivity contribution is -0.112. The summed E-state index contributed by atoms with van der Waals surface area (Å²) in [6, 6.07) is 15.3. The van der Waals surface area contributed by atoms with Gasteiger partial charge in [0.25, 0.3) is 11.8 Å². The summed E-state index contributed by atoms with van der Waals surface area (Å²) in [4.78, 5) is 36.0. The molecule has 1 fully saturated rings. The topological polar surface area (TPSA) is 115 Å². The molecular formula is C30H32N6O3. The number of aromatic nitrogens is 3. The van der Waals surface area contributed by atoms with Crippen molar-refractivity contribution in [3.05, 3.63) is 72.6 Å². The minimum atomic E-state index is -0.229. The van der Waals surface area contributed by atoms with Gasteiger partial charge >= 0.3 is 0 Å². The number of fused-ring (bicyclic) bond motifs is 1. The van der Waals surface area contributed by atoms with Gasteiger partial charge in [0.2, 0.25) is 0 Å². The van der Waals surface area contributed by atoms with Crippen LogP contribution < -0.4 is 11.1 Å². The van der Waals surface area contributed by atoms with Gasteiger partial charge in [-0.1, -0.05) is 30.8 Å². The van der Waals surface area contributed by atoms with Crippen molar-refractivity contribution in [2.75, 3.05) is 31.3 Å². The van der Waals surface area contributed by atoms with Crippen LogP contribution in [0.25, 0.3) is 33.4 Å². The summed E-state index contributed by atoms with van der Waals surface area (Å²) in [5, 5.41) is 3.58. The fourth-order valence-electron chi connectivity index (χ4n) is 5.26. The zero-order valence-electron chi connectivity index (χ0n) is 22.4. The van der Waals surface area contributed by atoms with Crippen LogP contribution in [0.4, 0.5) is 11.5 Å². The monoisotopic (exact) mass is 524 g/mol. The minimum absolute atomic E-state index is 0.00878. The number of rotatable bonds is 7. The highest BCUT2D eigenvalue weighted by Gasteiger charge is 2.29. The number of nitrogens with one attached hydrogen (secondary N) is 1. The molecule has 4 aromatic rings. The van der Waals surface area contributed by atoms with Crippen molar-refractivity contribution in [1.29, 1.82) is 0 Å². The van der Waals surface area contributed by atoms with Crippen LogP contribution in [0.1, 0.15) is 30.1 Å². The van der Waals surface area contributed by atoms with Crippen LogP contribution in [0.2, 0.25) is 0 Å². The van der Waals surface area contributed by atoms with Crippen molar-refractivity contribution < 1.29 is 14.3 Å². The van der Waals surface area contributed by atoms with Crippen LogP contribution in [0, 0.1) is 0 Å². The Kier molecular flexibility index (Phi) is 7.17. The molecule has 3 N–H and O–H groups in total. The van der Waals surface area contributed by atoms with Crippen molar-refractivity contribution in [3.63, 3.8) is 0 Å². The van der Waals surface area contributed by atoms with E-state index in [1.54, 1.807) is 14.0 Å². The van der Waals surface area contributed by atoms with E-state index in [-0.39, 0.29) is 17.9 Å². The molecule has 5 rings (SSSR count). The standard InChI is InChI=1S/C30H32N6O3/c1-18(2)29(37)34-22-13-11-20(12-14-22)26-24(25-27(31)32-17-33-28(25)35(26)3)19-7-9-21(10-8-19)30(38)36-15-5-6-23(36)16-39-4/h7-14,17,23H,1,5-6,15-16H2,2-4H3,(H,34,37)(H2,31,32,33)/t23-/m0/s1. The zero-order chi connectivity index (χ0) is 27.7. The molecule has 2 aromatic carbocycles. The Morgan fingerprint density at radius 1 is 1.10 bits per heavy atom. The van der Waals surface area contributed by atoms with Gasteiger partial charge in [-0.25, -0.2) is 9.97 Å². The number of nitrogens with two attached hydrogens (primary N) is 1. The summed E-state index contributed by atoms with van der Waals surface area (Å²) in [5.41, 5.74) is 12.4. The van der Waals surface area contributed by atoms with Gasteiger partial charge in [-0.05, 0) is 55.2 Å². The van der Waals surface area contributed by atoms with Gasteiger partial charge in [-0.15, -0.1) is 0 Å². The minimum Gasteiger partial charge on any atom is -0.383 e. The first-order valence-corrected chi connectivity index (χ1v) is 12.9. The van der Waals surface area contributed by atoms with Gasteiger partial charge in [-0.2, -0.15) is 0 Å². The number of carbonyl (C=O) groups excluding carboxylic acids is 2. The van der Waals surface area contributed by atoms with Gasteiger partial charge in [0.05, 0.1) is 23.7 Å². The highest BCUT2D eigenvalue weighted by atomic mass is 16.5. The number of nitrogens with zero attached hydrogens (tertiary/aromatic N) is 4. The van der Waals surface area contributed by atoms with Crippen LogP contribution in [0.5, 0.6) is 0 Å². The molecule has 1 atom stereocenters. The maximum Gasteiger partial charge on any atom is 0.254 e. The summed E-state index contributed by atoms with van der Waals surface area (Å²) in [5.74, 6) is 0.157. The second-order valence-corrected chi connectivity index (χ2v) is 9.88. The molecule has 3 heterocycles. The third kappa shape index (κ3) is 4.88. The highest BCUT2D eigenvalue weighted by Crippen LogP contribution is 2.41. The molecule has 2 aromatic heterocycles. The van der Waals surface area contributed by atoms with Crippen LogP contribution in [-0.2, 0) is 16.6 Å². The van der Waals surface area contributed by atoms with Crippen molar-refractivity contribution in [3.8, 4) is 22.4 Å². The molecule has 0 saturated carbocycles. The number of amides is 2. The summed E-state index contributed by atoms with van der Waals surface area (Å²) >= 11 is 0. The van der Waals surface area contributed by atoms with Crippen LogP contribution in [0.15, 0.2) is 67.0 Å². The Bertz CT molecular complexity index is 1560. The van der Waals surface area contributed by atoms with E-state index >= 15 is 0 Å². The number of hydrogen-bond donors (Lipinski definition) is 2. The Labute approximate surface area is 227 Å². The Morgan fingerprint density at radius 3 is 2.46 bits per heavy atom. The Morgan fingerprint density at radius 2 is 1.79 bits per heavy atom. The molecule has 1 aliphatic rings. The van der Waals surface area contributed by atoms with E-state index in [0.29, 0.717) is 34.9 Å². The Balaban J connectivity index is 1.55. The second kappa shape index (κ2) is 10.7. The summed E-state index contributed by atoms with van der Waals surface area (Å²) in [6.07, 6.45) is 3.38. The molecule has 39 heavy (non-hydrogen) atoms. The molecule has 200 valence electrons. The normalized spacial score (nSPS) is 15.1. The first kappa shape index (κ1) is 26.1. The zero-order valence-corrected chi connectivity index (χ0v) is 22.4. The fourth-order valence-corrected chi connectivity index (χ4v) is 5.26. The number of ether oxygens (including phenoxy) is 1. The third-order valence-corrected chi connectivity index (χ3v) is 7.22. The number of nitrogen functional groups attached to an aromatic ring is 1. The lowest BCUT2D eigenvalue weighted by atomic mass is 9.97. The first-order chi connectivity index (χ1) is 18.8. The average molecular weight is 525 g/mol. The summed E-state index contributed by atoms with van der Waals surface area (Å²) < 4.78 is 7.31. The first-order valence-electron chi connectivity index (χ1n) is 12.9. The number of anilines is 2. The van der Waals surface area contributed by atoms with Crippen LogP contribution >= 0.6 is 0 Å². The predicted octanol–water partition coefficient (Wildman–Crippen LogP) is 4.65. The van der Waals surface area contributed by atoms with E-state index < -0.39 is 0 Å². The van der Waals surface area contributed by atoms with E-state index in [9.17, 15) is 9.59 Å². The largest absolute Gasteiger partial charge is 0.383 e. The number of benzene rings is 2. The molecule has 2 amide bonds. The average Bonchev–Trinajstić information content (AvgIpc) is 3.52. The van der Waals surface area contributed by atoms with E-state index in [1.165, 1.54) is 6.33 Å². The lowest BCUT2D eigenvalue weighted by Crippen LogP contribution is -2.38. The lowest BCUT2D eigenvalue weighted by Gasteiger charge is -2.24. The maximum atomic E-state index is 13.3. The molecule has 0 spiro atoms. The van der Waals surface area contributed by atoms with Gasteiger partial charge in [0.1, 0.15) is 17.8 Å². The molecular weight excluding hydrogens is 492 g/mol. The van der Waals surface area contributed by atoms with E-state index in [1.807, 2.05) is 65.0 Å². The number of likely N-dealkylation sites (tertiary alicyclic amines) is 1. The van der Waals surface area contributed by atoms with Gasteiger partial charge in [0, 0.05) is 43.1 Å². The molecule has 9 nitrogen and oxygen atoms in total. The smallest absolute Gasteiger partial charge is 0.254 e.